The molecule has 2 aromatic carbocycles. The molecule has 2 atom stereocenters. The molecule has 5 nitrogen and oxygen atoms in total. The lowest BCUT2D eigenvalue weighted by atomic mass is 10.0. The van der Waals surface area contributed by atoms with Crippen LogP contribution in [0.3, 0.4) is 0 Å². The van der Waals surface area contributed by atoms with Crippen molar-refractivity contribution in [2.45, 2.75) is 38.3 Å². The predicted octanol–water partition coefficient (Wildman–Crippen LogP) is 3.21. The largest absolute Gasteiger partial charge is 0.387 e. The molecule has 1 aliphatic heterocycles. The maximum absolute atomic E-state index is 11.2. The van der Waals surface area contributed by atoms with Gasteiger partial charge in [0.05, 0.1) is 11.8 Å². The SMILES string of the molecule is CC(Cc1ccc(C2=NNC(=O)CC2)cc1)NCC(O)c1cccc(Cl)c1. The average molecular weight is 386 g/mol. The number of rotatable bonds is 7. The highest BCUT2D eigenvalue weighted by molar-refractivity contribution is 6.30. The number of aliphatic hydroxyl groups excluding tert-OH is 1. The fourth-order valence-corrected chi connectivity index (χ4v) is 3.28. The molecule has 3 rings (SSSR count). The maximum Gasteiger partial charge on any atom is 0.240 e. The first-order valence-electron chi connectivity index (χ1n) is 9.13. The summed E-state index contributed by atoms with van der Waals surface area (Å²) in [7, 11) is 0. The molecule has 1 heterocycles. The Balaban J connectivity index is 1.50. The molecule has 0 aromatic heterocycles. The van der Waals surface area contributed by atoms with E-state index in [1.165, 1.54) is 5.56 Å². The molecule has 0 saturated heterocycles. The standard InChI is InChI=1S/C21H24ClN3O2/c1-14(23-13-20(26)17-3-2-4-18(22)12-17)11-15-5-7-16(8-6-15)19-9-10-21(27)25-24-19/h2-8,12,14,20,23,26H,9-11,13H2,1H3,(H,25,27). The Morgan fingerprint density at radius 1 is 1.22 bits per heavy atom. The van der Waals surface area contributed by atoms with E-state index in [-0.39, 0.29) is 11.9 Å². The summed E-state index contributed by atoms with van der Waals surface area (Å²) in [5.74, 6) is -0.0322. The van der Waals surface area contributed by atoms with Crippen LogP contribution in [-0.4, -0.2) is 29.3 Å². The van der Waals surface area contributed by atoms with Crippen molar-refractivity contribution in [1.82, 2.24) is 10.7 Å². The third-order valence-corrected chi connectivity index (χ3v) is 4.86. The van der Waals surface area contributed by atoms with Gasteiger partial charge in [-0.25, -0.2) is 5.43 Å². The molecule has 6 heteroatoms. The highest BCUT2D eigenvalue weighted by atomic mass is 35.5. The minimum atomic E-state index is -0.590. The lowest BCUT2D eigenvalue weighted by molar-refractivity contribution is -0.121. The molecule has 142 valence electrons. The van der Waals surface area contributed by atoms with Crippen molar-refractivity contribution in [3.05, 3.63) is 70.2 Å². The summed E-state index contributed by atoms with van der Waals surface area (Å²) in [6, 6.07) is 15.8. The highest BCUT2D eigenvalue weighted by Crippen LogP contribution is 2.17. The van der Waals surface area contributed by atoms with Gasteiger partial charge in [-0.1, -0.05) is 48.0 Å². The van der Waals surface area contributed by atoms with Gasteiger partial charge in [0.2, 0.25) is 5.91 Å². The molecule has 1 amide bonds. The number of amides is 1. The molecule has 3 N–H and O–H groups in total. The van der Waals surface area contributed by atoms with Crippen molar-refractivity contribution in [1.29, 1.82) is 0 Å². The Labute approximate surface area is 164 Å². The van der Waals surface area contributed by atoms with Gasteiger partial charge in [0, 0.05) is 30.5 Å². The number of benzene rings is 2. The molecule has 0 radical (unpaired) electrons. The van der Waals surface area contributed by atoms with Crippen LogP contribution >= 0.6 is 11.6 Å². The zero-order valence-corrected chi connectivity index (χ0v) is 16.0. The molecule has 27 heavy (non-hydrogen) atoms. The highest BCUT2D eigenvalue weighted by Gasteiger charge is 2.14. The van der Waals surface area contributed by atoms with Crippen molar-refractivity contribution in [2.75, 3.05) is 6.54 Å². The Bertz CT molecular complexity index is 820. The van der Waals surface area contributed by atoms with Crippen LogP contribution in [0.25, 0.3) is 0 Å². The summed E-state index contributed by atoms with van der Waals surface area (Å²) in [5.41, 5.74) is 6.50. The number of hydrogen-bond donors (Lipinski definition) is 3. The number of hydrazone groups is 1. The lowest BCUT2D eigenvalue weighted by Gasteiger charge is -2.18. The van der Waals surface area contributed by atoms with Crippen LogP contribution in [0.1, 0.15) is 42.6 Å². The van der Waals surface area contributed by atoms with Crippen molar-refractivity contribution < 1.29 is 9.90 Å². The molecular weight excluding hydrogens is 362 g/mol. The normalized spacial score (nSPS) is 16.4. The zero-order valence-electron chi connectivity index (χ0n) is 15.3. The van der Waals surface area contributed by atoms with Gasteiger partial charge in [0.1, 0.15) is 0 Å². The molecule has 0 spiro atoms. The van der Waals surface area contributed by atoms with E-state index in [1.54, 1.807) is 12.1 Å². The Kier molecular flexibility index (Phi) is 6.61. The second-order valence-electron chi connectivity index (χ2n) is 6.87. The van der Waals surface area contributed by atoms with Crippen LogP contribution < -0.4 is 10.7 Å². The van der Waals surface area contributed by atoms with E-state index in [1.807, 2.05) is 24.3 Å². The molecule has 0 bridgehead atoms. The van der Waals surface area contributed by atoms with Gasteiger partial charge in [-0.05, 0) is 42.2 Å². The Morgan fingerprint density at radius 3 is 2.67 bits per heavy atom. The number of aliphatic hydroxyl groups is 1. The molecule has 0 saturated carbocycles. The van der Waals surface area contributed by atoms with Crippen LogP contribution in [0, 0.1) is 0 Å². The third kappa shape index (κ3) is 5.63. The number of nitrogens with one attached hydrogen (secondary N) is 2. The van der Waals surface area contributed by atoms with Gasteiger partial charge >= 0.3 is 0 Å². The first-order chi connectivity index (χ1) is 13.0. The monoisotopic (exact) mass is 385 g/mol. The smallest absolute Gasteiger partial charge is 0.240 e. The fourth-order valence-electron chi connectivity index (χ4n) is 3.09. The molecule has 0 aliphatic carbocycles. The lowest BCUT2D eigenvalue weighted by Crippen LogP contribution is -2.32. The third-order valence-electron chi connectivity index (χ3n) is 4.63. The Morgan fingerprint density at radius 2 is 2.00 bits per heavy atom. The van der Waals surface area contributed by atoms with E-state index in [0.29, 0.717) is 24.4 Å². The molecule has 0 fully saturated rings. The molecule has 1 aliphatic rings. The predicted molar refractivity (Wildman–Crippen MR) is 108 cm³/mol. The van der Waals surface area contributed by atoms with Crippen molar-refractivity contribution in [2.24, 2.45) is 5.10 Å². The first kappa shape index (κ1) is 19.5. The van der Waals surface area contributed by atoms with Crippen LogP contribution in [-0.2, 0) is 11.2 Å². The summed E-state index contributed by atoms with van der Waals surface area (Å²) < 4.78 is 0. The quantitative estimate of drug-likeness (QED) is 0.685. The second kappa shape index (κ2) is 9.13. The summed E-state index contributed by atoms with van der Waals surface area (Å²) in [6.45, 7) is 2.56. The number of hydrogen-bond acceptors (Lipinski definition) is 4. The number of carbonyl (C=O) groups excluding carboxylic acids is 1. The first-order valence-corrected chi connectivity index (χ1v) is 9.50. The van der Waals surface area contributed by atoms with E-state index in [9.17, 15) is 9.90 Å². The van der Waals surface area contributed by atoms with Gasteiger partial charge in [0.25, 0.3) is 0 Å². The van der Waals surface area contributed by atoms with Gasteiger partial charge in [-0.3, -0.25) is 4.79 Å². The maximum atomic E-state index is 11.2. The molecule has 2 aromatic rings. The topological polar surface area (TPSA) is 73.7 Å². The van der Waals surface area contributed by atoms with Crippen LogP contribution in [0.2, 0.25) is 5.02 Å². The number of nitrogens with zero attached hydrogens (tertiary/aromatic N) is 1. The van der Waals surface area contributed by atoms with E-state index in [0.717, 1.165) is 23.3 Å². The molecular formula is C21H24ClN3O2. The summed E-state index contributed by atoms with van der Waals surface area (Å²) in [6.07, 6.45) is 1.42. The number of carbonyl (C=O) groups is 1. The summed E-state index contributed by atoms with van der Waals surface area (Å²) in [4.78, 5) is 11.2. The number of halogens is 1. The van der Waals surface area contributed by atoms with Gasteiger partial charge in [-0.2, -0.15) is 5.10 Å². The van der Waals surface area contributed by atoms with E-state index in [4.69, 9.17) is 11.6 Å². The minimum absolute atomic E-state index is 0.0322. The van der Waals surface area contributed by atoms with Gasteiger partial charge in [-0.15, -0.1) is 0 Å². The van der Waals surface area contributed by atoms with Crippen molar-refractivity contribution >= 4 is 23.2 Å². The van der Waals surface area contributed by atoms with Crippen LogP contribution in [0.5, 0.6) is 0 Å². The van der Waals surface area contributed by atoms with Crippen LogP contribution in [0.15, 0.2) is 53.6 Å². The minimum Gasteiger partial charge on any atom is -0.387 e. The van der Waals surface area contributed by atoms with Gasteiger partial charge < -0.3 is 10.4 Å². The average Bonchev–Trinajstić information content (AvgIpc) is 2.67. The summed E-state index contributed by atoms with van der Waals surface area (Å²) in [5, 5.41) is 18.4. The second-order valence-corrected chi connectivity index (χ2v) is 7.31. The van der Waals surface area contributed by atoms with Crippen molar-refractivity contribution in [3.8, 4) is 0 Å². The van der Waals surface area contributed by atoms with E-state index < -0.39 is 6.10 Å². The van der Waals surface area contributed by atoms with Crippen LogP contribution in [0.4, 0.5) is 0 Å². The van der Waals surface area contributed by atoms with Crippen molar-refractivity contribution in [3.63, 3.8) is 0 Å². The summed E-state index contributed by atoms with van der Waals surface area (Å²) >= 11 is 5.97. The van der Waals surface area contributed by atoms with E-state index in [2.05, 4.69) is 34.9 Å². The fraction of sp³-hybridized carbons (Fsp3) is 0.333. The van der Waals surface area contributed by atoms with E-state index >= 15 is 0 Å². The zero-order chi connectivity index (χ0) is 19.2. The van der Waals surface area contributed by atoms with Gasteiger partial charge in [0.15, 0.2) is 0 Å². The Hall–Kier alpha value is -2.21. The molecule has 2 unspecified atom stereocenters.